The number of thioether (sulfide) groups is 1. The van der Waals surface area contributed by atoms with Crippen molar-refractivity contribution in [1.29, 1.82) is 0 Å². The number of hydrogen-bond acceptors (Lipinski definition) is 5. The highest BCUT2D eigenvalue weighted by Gasteiger charge is 2.31. The van der Waals surface area contributed by atoms with E-state index >= 15 is 0 Å². The van der Waals surface area contributed by atoms with Crippen LogP contribution in [0.25, 0.3) is 6.08 Å². The molecule has 28 heavy (non-hydrogen) atoms. The summed E-state index contributed by atoms with van der Waals surface area (Å²) in [5, 5.41) is 8.74. The molecule has 1 amide bonds. The van der Waals surface area contributed by atoms with Crippen molar-refractivity contribution in [2.75, 3.05) is 6.54 Å². The maximum atomic E-state index is 12.6. The summed E-state index contributed by atoms with van der Waals surface area (Å²) in [5.41, 5.74) is 1.92. The van der Waals surface area contributed by atoms with Gasteiger partial charge in [-0.3, -0.25) is 14.5 Å². The van der Waals surface area contributed by atoms with Gasteiger partial charge in [0.2, 0.25) is 0 Å². The Morgan fingerprint density at radius 2 is 1.96 bits per heavy atom. The van der Waals surface area contributed by atoms with Crippen LogP contribution in [0.2, 0.25) is 0 Å². The van der Waals surface area contributed by atoms with Gasteiger partial charge in [-0.15, -0.1) is 0 Å². The van der Waals surface area contributed by atoms with Gasteiger partial charge in [-0.1, -0.05) is 66.4 Å². The van der Waals surface area contributed by atoms with Gasteiger partial charge in [0, 0.05) is 13.0 Å². The Morgan fingerprint density at radius 1 is 1.18 bits per heavy atom. The zero-order valence-corrected chi connectivity index (χ0v) is 16.7. The van der Waals surface area contributed by atoms with Gasteiger partial charge in [-0.05, 0) is 35.8 Å². The minimum Gasteiger partial charge on any atom is -0.489 e. The molecule has 2 aromatic rings. The molecule has 1 aliphatic heterocycles. The van der Waals surface area contributed by atoms with E-state index in [1.54, 1.807) is 6.08 Å². The highest BCUT2D eigenvalue weighted by molar-refractivity contribution is 8.26. The van der Waals surface area contributed by atoms with E-state index in [-0.39, 0.29) is 12.3 Å². The largest absolute Gasteiger partial charge is 0.489 e. The lowest BCUT2D eigenvalue weighted by atomic mass is 10.2. The monoisotopic (exact) mass is 413 g/mol. The summed E-state index contributed by atoms with van der Waals surface area (Å²) in [4.78, 5) is 25.2. The van der Waals surface area contributed by atoms with E-state index in [0.717, 1.165) is 16.9 Å². The smallest absolute Gasteiger partial charge is 0.303 e. The molecule has 1 heterocycles. The zero-order chi connectivity index (χ0) is 19.9. The first kappa shape index (κ1) is 20.1. The van der Waals surface area contributed by atoms with Gasteiger partial charge in [0.25, 0.3) is 5.91 Å². The van der Waals surface area contributed by atoms with Crippen LogP contribution in [0.5, 0.6) is 5.75 Å². The molecule has 144 valence electrons. The minimum absolute atomic E-state index is 0.0108. The molecule has 0 aliphatic carbocycles. The zero-order valence-electron chi connectivity index (χ0n) is 15.0. The third kappa shape index (κ3) is 5.43. The van der Waals surface area contributed by atoms with Gasteiger partial charge in [0.05, 0.1) is 4.91 Å². The van der Waals surface area contributed by atoms with Gasteiger partial charge in [-0.2, -0.15) is 0 Å². The fourth-order valence-electron chi connectivity index (χ4n) is 2.67. The molecule has 3 rings (SSSR count). The number of carboxylic acid groups (broad SMARTS) is 1. The van der Waals surface area contributed by atoms with E-state index < -0.39 is 5.97 Å². The number of nitrogens with zero attached hydrogens (tertiary/aromatic N) is 1. The number of thiocarbonyl (C=S) groups is 1. The molecule has 1 aliphatic rings. The van der Waals surface area contributed by atoms with Crippen LogP contribution in [0.3, 0.4) is 0 Å². The number of carboxylic acids is 1. The lowest BCUT2D eigenvalue weighted by Crippen LogP contribution is -2.29. The average molecular weight is 414 g/mol. The van der Waals surface area contributed by atoms with Crippen LogP contribution < -0.4 is 4.74 Å². The Balaban J connectivity index is 1.65. The standard InChI is InChI=1S/C21H19NO4S2/c23-19(24)10-5-11-22-20(25)18(28-21(22)27)13-16-8-4-9-17(12-16)26-14-15-6-2-1-3-7-15/h1-4,6-9,12-13H,5,10-11,14H2,(H,23,24)/b18-13-. The second-order valence-corrected chi connectivity index (χ2v) is 7.85. The predicted octanol–water partition coefficient (Wildman–Crippen LogP) is 4.33. The van der Waals surface area contributed by atoms with Crippen LogP contribution >= 0.6 is 24.0 Å². The Bertz CT molecular complexity index is 912. The first-order valence-electron chi connectivity index (χ1n) is 8.77. The summed E-state index contributed by atoms with van der Waals surface area (Å²) in [7, 11) is 0. The highest BCUT2D eigenvalue weighted by atomic mass is 32.2. The number of aliphatic carboxylic acids is 1. The molecule has 0 saturated carbocycles. The summed E-state index contributed by atoms with van der Waals surface area (Å²) in [5.74, 6) is -0.348. The normalized spacial score (nSPS) is 15.3. The first-order valence-corrected chi connectivity index (χ1v) is 9.99. The van der Waals surface area contributed by atoms with Crippen LogP contribution in [0.15, 0.2) is 59.5 Å². The third-order valence-corrected chi connectivity index (χ3v) is 5.43. The molecule has 1 saturated heterocycles. The topological polar surface area (TPSA) is 66.8 Å². The lowest BCUT2D eigenvalue weighted by molar-refractivity contribution is -0.137. The van der Waals surface area contributed by atoms with Crippen LogP contribution in [0.1, 0.15) is 24.0 Å². The second-order valence-electron chi connectivity index (χ2n) is 6.18. The number of carbonyl (C=O) groups excluding carboxylic acids is 1. The van der Waals surface area contributed by atoms with Gasteiger partial charge in [-0.25, -0.2) is 0 Å². The van der Waals surface area contributed by atoms with Crippen LogP contribution in [-0.2, 0) is 16.2 Å². The molecule has 0 unspecified atom stereocenters. The molecule has 0 spiro atoms. The fourth-order valence-corrected chi connectivity index (χ4v) is 3.98. The first-order chi connectivity index (χ1) is 13.5. The van der Waals surface area contributed by atoms with E-state index in [9.17, 15) is 9.59 Å². The quantitative estimate of drug-likeness (QED) is 0.513. The molecule has 7 heteroatoms. The van der Waals surface area contributed by atoms with Crippen LogP contribution in [-0.4, -0.2) is 32.7 Å². The Morgan fingerprint density at radius 3 is 2.71 bits per heavy atom. The van der Waals surface area contributed by atoms with Gasteiger partial charge >= 0.3 is 5.97 Å². The summed E-state index contributed by atoms with van der Waals surface area (Å²) < 4.78 is 6.29. The van der Waals surface area contributed by atoms with Gasteiger partial charge < -0.3 is 9.84 Å². The molecule has 1 N–H and O–H groups in total. The molecule has 0 bridgehead atoms. The summed E-state index contributed by atoms with van der Waals surface area (Å²) in [6.07, 6.45) is 2.17. The van der Waals surface area contributed by atoms with Crippen molar-refractivity contribution in [1.82, 2.24) is 4.90 Å². The molecule has 0 radical (unpaired) electrons. The maximum Gasteiger partial charge on any atom is 0.303 e. The SMILES string of the molecule is O=C(O)CCCN1C(=O)/C(=C/c2cccc(OCc3ccccc3)c2)SC1=S. The number of ether oxygens (including phenoxy) is 1. The van der Waals surface area contributed by atoms with Crippen LogP contribution in [0, 0.1) is 0 Å². The molecular formula is C21H19NO4S2. The van der Waals surface area contributed by atoms with Crippen molar-refractivity contribution in [3.05, 3.63) is 70.6 Å². The fraction of sp³-hybridized carbons (Fsp3) is 0.190. The lowest BCUT2D eigenvalue weighted by Gasteiger charge is -2.13. The Kier molecular flexibility index (Phi) is 6.84. The molecular weight excluding hydrogens is 394 g/mol. The van der Waals surface area contributed by atoms with Crippen molar-refractivity contribution in [3.63, 3.8) is 0 Å². The molecule has 0 atom stereocenters. The summed E-state index contributed by atoms with van der Waals surface area (Å²) >= 11 is 6.50. The van der Waals surface area contributed by atoms with Crippen molar-refractivity contribution >= 4 is 46.3 Å². The van der Waals surface area contributed by atoms with Crippen molar-refractivity contribution in [3.8, 4) is 5.75 Å². The van der Waals surface area contributed by atoms with Crippen molar-refractivity contribution in [2.45, 2.75) is 19.4 Å². The van der Waals surface area contributed by atoms with E-state index in [0.29, 0.717) is 28.8 Å². The molecule has 2 aromatic carbocycles. The third-order valence-electron chi connectivity index (χ3n) is 4.05. The van der Waals surface area contributed by atoms with E-state index in [2.05, 4.69) is 0 Å². The van der Waals surface area contributed by atoms with Crippen LogP contribution in [0.4, 0.5) is 0 Å². The number of carbonyl (C=O) groups is 2. The minimum atomic E-state index is -0.881. The Labute approximate surface area is 173 Å². The number of hydrogen-bond donors (Lipinski definition) is 1. The maximum absolute atomic E-state index is 12.6. The number of benzene rings is 2. The van der Waals surface area contributed by atoms with Crippen molar-refractivity contribution < 1.29 is 19.4 Å². The average Bonchev–Trinajstić information content (AvgIpc) is 2.94. The number of rotatable bonds is 8. The molecule has 5 nitrogen and oxygen atoms in total. The molecule has 0 aromatic heterocycles. The Hall–Kier alpha value is -2.64. The van der Waals surface area contributed by atoms with E-state index in [1.165, 1.54) is 16.7 Å². The van der Waals surface area contributed by atoms with Gasteiger partial charge in [0.1, 0.15) is 16.7 Å². The predicted molar refractivity (Wildman–Crippen MR) is 114 cm³/mol. The van der Waals surface area contributed by atoms with Crippen molar-refractivity contribution in [2.24, 2.45) is 0 Å². The molecule has 1 fully saturated rings. The van der Waals surface area contributed by atoms with E-state index in [4.69, 9.17) is 22.1 Å². The van der Waals surface area contributed by atoms with E-state index in [1.807, 2.05) is 54.6 Å². The van der Waals surface area contributed by atoms with Gasteiger partial charge in [0.15, 0.2) is 0 Å². The summed E-state index contributed by atoms with van der Waals surface area (Å²) in [6.45, 7) is 0.782. The summed E-state index contributed by atoms with van der Waals surface area (Å²) in [6, 6.07) is 17.4. The second kappa shape index (κ2) is 9.52. The number of amides is 1. The highest BCUT2D eigenvalue weighted by Crippen LogP contribution is 2.33.